The van der Waals surface area contributed by atoms with E-state index in [9.17, 15) is 0 Å². The minimum absolute atomic E-state index is 0.638. The first-order valence-corrected chi connectivity index (χ1v) is 9.24. The third-order valence-corrected chi connectivity index (χ3v) is 4.24. The number of alkyl halides is 2. The van der Waals surface area contributed by atoms with Gasteiger partial charge in [-0.2, -0.15) is 0 Å². The van der Waals surface area contributed by atoms with Crippen LogP contribution in [0.4, 0.5) is 5.69 Å². The molecule has 2 aromatic rings. The Morgan fingerprint density at radius 3 is 2.52 bits per heavy atom. The number of rotatable bonds is 9. The SMILES string of the molecule is Cc1cc(NCCCN(CCCl)CCCl)c2ccc(Cl)cc2n1. The number of hydrogen-bond acceptors (Lipinski definition) is 3. The van der Waals surface area contributed by atoms with Crippen molar-refractivity contribution < 1.29 is 0 Å². The molecule has 0 amide bonds. The molecule has 0 aliphatic rings. The summed E-state index contributed by atoms with van der Waals surface area (Å²) in [7, 11) is 0. The van der Waals surface area contributed by atoms with E-state index in [2.05, 4.69) is 21.3 Å². The van der Waals surface area contributed by atoms with Gasteiger partial charge in [-0.1, -0.05) is 11.6 Å². The molecule has 0 unspecified atom stereocenters. The third kappa shape index (κ3) is 5.68. The van der Waals surface area contributed by atoms with Gasteiger partial charge in [-0.05, 0) is 44.2 Å². The first kappa shape index (κ1) is 18.6. The predicted molar refractivity (Wildman–Crippen MR) is 102 cm³/mol. The lowest BCUT2D eigenvalue weighted by atomic mass is 10.1. The molecule has 1 aromatic carbocycles. The molecular formula is C17H22Cl3N3. The van der Waals surface area contributed by atoms with Gasteiger partial charge in [0.05, 0.1) is 5.52 Å². The highest BCUT2D eigenvalue weighted by Crippen LogP contribution is 2.25. The molecule has 23 heavy (non-hydrogen) atoms. The Labute approximate surface area is 152 Å². The van der Waals surface area contributed by atoms with Crippen molar-refractivity contribution in [3.05, 3.63) is 35.0 Å². The zero-order valence-corrected chi connectivity index (χ0v) is 15.6. The van der Waals surface area contributed by atoms with E-state index in [1.165, 1.54) is 0 Å². The van der Waals surface area contributed by atoms with Crippen LogP contribution in [0.1, 0.15) is 12.1 Å². The molecule has 0 bridgehead atoms. The molecule has 0 spiro atoms. The highest BCUT2D eigenvalue weighted by atomic mass is 35.5. The normalized spacial score (nSPS) is 11.3. The summed E-state index contributed by atoms with van der Waals surface area (Å²) in [6.45, 7) is 5.63. The largest absolute Gasteiger partial charge is 0.384 e. The first-order valence-electron chi connectivity index (χ1n) is 7.79. The van der Waals surface area contributed by atoms with Crippen molar-refractivity contribution >= 4 is 51.4 Å². The molecule has 126 valence electrons. The van der Waals surface area contributed by atoms with Gasteiger partial charge >= 0.3 is 0 Å². The van der Waals surface area contributed by atoms with Crippen molar-refractivity contribution in [2.45, 2.75) is 13.3 Å². The van der Waals surface area contributed by atoms with Gasteiger partial charge in [0.1, 0.15) is 0 Å². The van der Waals surface area contributed by atoms with E-state index in [0.717, 1.165) is 54.9 Å². The lowest BCUT2D eigenvalue weighted by Gasteiger charge is -2.20. The minimum atomic E-state index is 0.638. The van der Waals surface area contributed by atoms with E-state index in [1.807, 2.05) is 25.1 Å². The Kier molecular flexibility index (Phi) is 7.71. The maximum Gasteiger partial charge on any atom is 0.0740 e. The van der Waals surface area contributed by atoms with Crippen LogP contribution in [-0.2, 0) is 0 Å². The number of fused-ring (bicyclic) bond motifs is 1. The summed E-state index contributed by atoms with van der Waals surface area (Å²) in [5, 5.41) is 5.32. The summed E-state index contributed by atoms with van der Waals surface area (Å²) < 4.78 is 0. The molecule has 0 radical (unpaired) electrons. The van der Waals surface area contributed by atoms with Gasteiger partial charge in [-0.3, -0.25) is 4.98 Å². The number of nitrogens with zero attached hydrogens (tertiary/aromatic N) is 2. The standard InChI is InChI=1S/C17H22Cl3N3/c1-13-11-16(15-4-3-14(20)12-17(15)22-13)21-7-2-8-23(9-5-18)10-6-19/h3-4,11-12H,2,5-10H2,1H3,(H,21,22). The van der Waals surface area contributed by atoms with Crippen LogP contribution < -0.4 is 5.32 Å². The molecule has 1 N–H and O–H groups in total. The second-order valence-corrected chi connectivity index (χ2v) is 6.66. The molecule has 1 aromatic heterocycles. The van der Waals surface area contributed by atoms with Crippen LogP contribution in [0, 0.1) is 6.92 Å². The summed E-state index contributed by atoms with van der Waals surface area (Å²) in [6.07, 6.45) is 1.03. The lowest BCUT2D eigenvalue weighted by Crippen LogP contribution is -2.30. The van der Waals surface area contributed by atoms with E-state index in [1.54, 1.807) is 0 Å². The summed E-state index contributed by atoms with van der Waals surface area (Å²) >= 11 is 17.7. The summed E-state index contributed by atoms with van der Waals surface area (Å²) in [4.78, 5) is 6.83. The lowest BCUT2D eigenvalue weighted by molar-refractivity contribution is 0.306. The van der Waals surface area contributed by atoms with Crippen molar-refractivity contribution in [3.8, 4) is 0 Å². The summed E-state index contributed by atoms with van der Waals surface area (Å²) in [6, 6.07) is 7.89. The minimum Gasteiger partial charge on any atom is -0.384 e. The van der Waals surface area contributed by atoms with E-state index < -0.39 is 0 Å². The Balaban J connectivity index is 1.96. The molecule has 6 heteroatoms. The first-order chi connectivity index (χ1) is 11.1. The van der Waals surface area contributed by atoms with Crippen LogP contribution in [0.15, 0.2) is 24.3 Å². The van der Waals surface area contributed by atoms with Crippen molar-refractivity contribution in [1.82, 2.24) is 9.88 Å². The van der Waals surface area contributed by atoms with Gasteiger partial charge in [-0.15, -0.1) is 23.2 Å². The summed E-state index contributed by atoms with van der Waals surface area (Å²) in [5.41, 5.74) is 3.00. The fraction of sp³-hybridized carbons (Fsp3) is 0.471. The zero-order chi connectivity index (χ0) is 16.7. The van der Waals surface area contributed by atoms with Gasteiger partial charge in [0.15, 0.2) is 0 Å². The fourth-order valence-electron chi connectivity index (χ4n) is 2.58. The van der Waals surface area contributed by atoms with Gasteiger partial charge in [-0.25, -0.2) is 0 Å². The van der Waals surface area contributed by atoms with Gasteiger partial charge in [0, 0.05) is 53.2 Å². The van der Waals surface area contributed by atoms with Crippen molar-refractivity contribution in [1.29, 1.82) is 0 Å². The number of nitrogens with one attached hydrogen (secondary N) is 1. The zero-order valence-electron chi connectivity index (χ0n) is 13.3. The second-order valence-electron chi connectivity index (χ2n) is 5.47. The fourth-order valence-corrected chi connectivity index (χ4v) is 3.22. The maximum atomic E-state index is 6.06. The number of hydrogen-bond donors (Lipinski definition) is 1. The number of anilines is 1. The number of aromatic nitrogens is 1. The average molecular weight is 375 g/mol. The topological polar surface area (TPSA) is 28.2 Å². The number of benzene rings is 1. The molecule has 3 nitrogen and oxygen atoms in total. The van der Waals surface area contributed by atoms with Crippen molar-refractivity contribution in [3.63, 3.8) is 0 Å². The number of aryl methyl sites for hydroxylation is 1. The molecule has 0 aliphatic heterocycles. The van der Waals surface area contributed by atoms with E-state index in [4.69, 9.17) is 34.8 Å². The summed E-state index contributed by atoms with van der Waals surface area (Å²) in [5.74, 6) is 1.28. The molecule has 0 aliphatic carbocycles. The molecule has 0 fully saturated rings. The van der Waals surface area contributed by atoms with Crippen molar-refractivity contribution in [2.75, 3.05) is 43.3 Å². The Bertz CT molecular complexity index is 623. The van der Waals surface area contributed by atoms with Crippen LogP contribution in [0.2, 0.25) is 5.02 Å². The van der Waals surface area contributed by atoms with E-state index >= 15 is 0 Å². The van der Waals surface area contributed by atoms with Crippen LogP contribution in [0.5, 0.6) is 0 Å². The number of pyridine rings is 1. The third-order valence-electron chi connectivity index (χ3n) is 3.67. The molecule has 0 atom stereocenters. The quantitative estimate of drug-likeness (QED) is 0.506. The molecule has 0 saturated heterocycles. The number of halogens is 3. The molecular weight excluding hydrogens is 353 g/mol. The highest BCUT2D eigenvalue weighted by Gasteiger charge is 2.06. The van der Waals surface area contributed by atoms with Crippen molar-refractivity contribution in [2.24, 2.45) is 0 Å². The Morgan fingerprint density at radius 2 is 1.83 bits per heavy atom. The van der Waals surface area contributed by atoms with Gasteiger partial charge in [0.25, 0.3) is 0 Å². The second kappa shape index (κ2) is 9.53. The Morgan fingerprint density at radius 1 is 1.09 bits per heavy atom. The average Bonchev–Trinajstić information content (AvgIpc) is 2.51. The van der Waals surface area contributed by atoms with Gasteiger partial charge in [0.2, 0.25) is 0 Å². The molecule has 0 saturated carbocycles. The maximum absolute atomic E-state index is 6.06. The smallest absolute Gasteiger partial charge is 0.0740 e. The van der Waals surface area contributed by atoms with E-state index in [-0.39, 0.29) is 0 Å². The van der Waals surface area contributed by atoms with Crippen LogP contribution in [0.3, 0.4) is 0 Å². The predicted octanol–water partition coefficient (Wildman–Crippen LogP) is 4.78. The Hall–Kier alpha value is -0.740. The highest BCUT2D eigenvalue weighted by molar-refractivity contribution is 6.31. The monoisotopic (exact) mass is 373 g/mol. The molecule has 2 rings (SSSR count). The van der Waals surface area contributed by atoms with Gasteiger partial charge < -0.3 is 10.2 Å². The van der Waals surface area contributed by atoms with Crippen LogP contribution >= 0.6 is 34.8 Å². The van der Waals surface area contributed by atoms with Crippen LogP contribution in [-0.4, -0.2) is 47.8 Å². The molecule has 1 heterocycles. The van der Waals surface area contributed by atoms with E-state index in [0.29, 0.717) is 16.8 Å². The van der Waals surface area contributed by atoms with Crippen LogP contribution in [0.25, 0.3) is 10.9 Å².